The summed E-state index contributed by atoms with van der Waals surface area (Å²) < 4.78 is 4.76. The number of para-hydroxylation sites is 3. The summed E-state index contributed by atoms with van der Waals surface area (Å²) in [6.07, 6.45) is 0. The van der Waals surface area contributed by atoms with Gasteiger partial charge in [0, 0.05) is 32.8 Å². The second kappa shape index (κ2) is 11.1. The van der Waals surface area contributed by atoms with Gasteiger partial charge in [-0.25, -0.2) is 9.97 Å². The molecular weight excluding hydrogens is 657 g/mol. The Hall–Kier alpha value is -7.30. The molecule has 4 heteroatoms. The van der Waals surface area contributed by atoms with Crippen molar-refractivity contribution in [2.45, 2.75) is 0 Å². The van der Waals surface area contributed by atoms with Gasteiger partial charge in [0.25, 0.3) is 0 Å². The van der Waals surface area contributed by atoms with Crippen LogP contribution in [0.1, 0.15) is 0 Å². The van der Waals surface area contributed by atoms with Gasteiger partial charge in [-0.1, -0.05) is 127 Å². The van der Waals surface area contributed by atoms with E-state index in [2.05, 4.69) is 173 Å². The first kappa shape index (κ1) is 29.3. The fraction of sp³-hybridized carbons (Fsp3) is 0. The lowest BCUT2D eigenvalue weighted by Crippen LogP contribution is -2.04. The highest BCUT2D eigenvalue weighted by Gasteiger charge is 2.22. The molecule has 250 valence electrons. The third kappa shape index (κ3) is 4.13. The van der Waals surface area contributed by atoms with Crippen LogP contribution in [0.25, 0.3) is 110 Å². The quantitative estimate of drug-likeness (QED) is 0.185. The summed E-state index contributed by atoms with van der Waals surface area (Å²) >= 11 is 0. The fourth-order valence-corrected chi connectivity index (χ4v) is 8.83. The van der Waals surface area contributed by atoms with Crippen molar-refractivity contribution in [1.82, 2.24) is 19.1 Å². The van der Waals surface area contributed by atoms with Crippen LogP contribution in [-0.4, -0.2) is 19.1 Å². The number of hydrogen-bond donors (Lipinski definition) is 0. The van der Waals surface area contributed by atoms with Crippen molar-refractivity contribution in [2.75, 3.05) is 0 Å². The number of aromatic nitrogens is 4. The van der Waals surface area contributed by atoms with E-state index in [0.29, 0.717) is 0 Å². The average molecular weight is 687 g/mol. The molecule has 12 rings (SSSR count). The molecule has 0 radical (unpaired) electrons. The van der Waals surface area contributed by atoms with Crippen LogP contribution in [0.4, 0.5) is 0 Å². The van der Waals surface area contributed by atoms with Gasteiger partial charge in [0.15, 0.2) is 5.82 Å². The van der Waals surface area contributed by atoms with Gasteiger partial charge in [-0.3, -0.25) is 4.57 Å². The van der Waals surface area contributed by atoms with E-state index in [-0.39, 0.29) is 0 Å². The Balaban J connectivity index is 1.16. The Labute approximate surface area is 309 Å². The molecule has 0 N–H and O–H groups in total. The Morgan fingerprint density at radius 1 is 0.333 bits per heavy atom. The molecule has 54 heavy (non-hydrogen) atoms. The van der Waals surface area contributed by atoms with E-state index >= 15 is 0 Å². The highest BCUT2D eigenvalue weighted by atomic mass is 15.1. The molecule has 3 heterocycles. The van der Waals surface area contributed by atoms with Gasteiger partial charge in [-0.2, -0.15) is 0 Å². The summed E-state index contributed by atoms with van der Waals surface area (Å²) in [4.78, 5) is 10.7. The van der Waals surface area contributed by atoms with Crippen molar-refractivity contribution in [2.24, 2.45) is 0 Å². The Morgan fingerprint density at radius 2 is 0.870 bits per heavy atom. The first-order chi connectivity index (χ1) is 26.8. The van der Waals surface area contributed by atoms with Crippen LogP contribution in [0.5, 0.6) is 0 Å². The minimum absolute atomic E-state index is 0.817. The molecule has 0 aliphatic carbocycles. The van der Waals surface area contributed by atoms with Crippen LogP contribution >= 0.6 is 0 Å². The van der Waals surface area contributed by atoms with Crippen molar-refractivity contribution >= 4 is 87.0 Å². The van der Waals surface area contributed by atoms with Crippen molar-refractivity contribution in [3.8, 4) is 22.8 Å². The first-order valence-corrected chi connectivity index (χ1v) is 18.4. The predicted octanol–water partition coefficient (Wildman–Crippen LogP) is 13.0. The van der Waals surface area contributed by atoms with Crippen molar-refractivity contribution in [3.63, 3.8) is 0 Å². The van der Waals surface area contributed by atoms with E-state index < -0.39 is 0 Å². The third-order valence-corrected chi connectivity index (χ3v) is 11.2. The van der Waals surface area contributed by atoms with Gasteiger partial charge >= 0.3 is 0 Å². The molecule has 3 aromatic heterocycles. The van der Waals surface area contributed by atoms with Gasteiger partial charge in [-0.15, -0.1) is 0 Å². The molecule has 4 nitrogen and oxygen atoms in total. The second-order valence-corrected chi connectivity index (χ2v) is 14.2. The zero-order chi connectivity index (χ0) is 35.3. The molecule has 0 saturated carbocycles. The molecule has 0 fully saturated rings. The van der Waals surface area contributed by atoms with Gasteiger partial charge < -0.3 is 4.57 Å². The summed E-state index contributed by atoms with van der Waals surface area (Å²) in [5.74, 6) is 0.817. The van der Waals surface area contributed by atoms with E-state index in [4.69, 9.17) is 9.97 Å². The van der Waals surface area contributed by atoms with Crippen LogP contribution in [0.3, 0.4) is 0 Å². The highest BCUT2D eigenvalue weighted by Crippen LogP contribution is 2.42. The Morgan fingerprint density at radius 3 is 1.59 bits per heavy atom. The predicted molar refractivity (Wildman–Crippen MR) is 226 cm³/mol. The van der Waals surface area contributed by atoms with E-state index in [9.17, 15) is 0 Å². The highest BCUT2D eigenvalue weighted by molar-refractivity contribution is 6.28. The van der Waals surface area contributed by atoms with Crippen LogP contribution in [0, 0.1) is 0 Å². The Kier molecular flexibility index (Phi) is 6.02. The molecule has 0 bridgehead atoms. The van der Waals surface area contributed by atoms with E-state index in [1.807, 2.05) is 18.2 Å². The zero-order valence-electron chi connectivity index (χ0n) is 29.1. The molecule has 9 aromatic carbocycles. The Bertz CT molecular complexity index is 3420. The number of rotatable bonds is 3. The van der Waals surface area contributed by atoms with Crippen molar-refractivity contribution in [3.05, 3.63) is 182 Å². The molecular formula is C50H30N4. The minimum atomic E-state index is 0.817. The molecule has 0 atom stereocenters. The maximum Gasteiger partial charge on any atom is 0.165 e. The summed E-state index contributed by atoms with van der Waals surface area (Å²) in [5, 5.41) is 12.3. The molecule has 0 amide bonds. The summed E-state index contributed by atoms with van der Waals surface area (Å²) in [6.45, 7) is 0. The molecule has 0 aliphatic heterocycles. The number of nitrogens with zero attached hydrogens (tertiary/aromatic N) is 4. The monoisotopic (exact) mass is 686 g/mol. The average Bonchev–Trinajstić information content (AvgIpc) is 3.76. The molecule has 0 spiro atoms. The van der Waals surface area contributed by atoms with Gasteiger partial charge in [0.05, 0.1) is 33.1 Å². The molecule has 0 saturated heterocycles. The zero-order valence-corrected chi connectivity index (χ0v) is 29.1. The van der Waals surface area contributed by atoms with Gasteiger partial charge in [-0.05, 0) is 86.9 Å². The van der Waals surface area contributed by atoms with Crippen molar-refractivity contribution in [1.29, 1.82) is 0 Å². The minimum Gasteiger partial charge on any atom is -0.309 e. The SMILES string of the molecule is c1ccc2cc(-c3nc4ccccc4nc3-n3c4ccccc4c4cc(-n5c6ccc7ccccc7c6c6c7ccccc7ccc65)ccc43)ccc2c1. The van der Waals surface area contributed by atoms with E-state index in [0.717, 1.165) is 44.8 Å². The second-order valence-electron chi connectivity index (χ2n) is 14.2. The van der Waals surface area contributed by atoms with Gasteiger partial charge in [0.1, 0.15) is 5.69 Å². The maximum atomic E-state index is 5.38. The van der Waals surface area contributed by atoms with Gasteiger partial charge in [0.2, 0.25) is 0 Å². The molecule has 12 aromatic rings. The molecule has 0 aliphatic rings. The van der Waals surface area contributed by atoms with Crippen molar-refractivity contribution < 1.29 is 0 Å². The first-order valence-electron chi connectivity index (χ1n) is 18.4. The van der Waals surface area contributed by atoms with Crippen LogP contribution in [0.2, 0.25) is 0 Å². The summed E-state index contributed by atoms with van der Waals surface area (Å²) in [6, 6.07) is 65.4. The topological polar surface area (TPSA) is 35.6 Å². The largest absolute Gasteiger partial charge is 0.309 e. The summed E-state index contributed by atoms with van der Waals surface area (Å²) in [7, 11) is 0. The van der Waals surface area contributed by atoms with E-state index in [1.54, 1.807) is 0 Å². The number of fused-ring (bicyclic) bond motifs is 12. The van der Waals surface area contributed by atoms with Crippen LogP contribution < -0.4 is 0 Å². The maximum absolute atomic E-state index is 5.38. The third-order valence-electron chi connectivity index (χ3n) is 11.2. The number of hydrogen-bond acceptors (Lipinski definition) is 2. The smallest absolute Gasteiger partial charge is 0.165 e. The lowest BCUT2D eigenvalue weighted by atomic mass is 10.00. The number of benzene rings is 9. The lowest BCUT2D eigenvalue weighted by Gasteiger charge is -2.14. The summed E-state index contributed by atoms with van der Waals surface area (Å²) in [5.41, 5.74) is 9.32. The normalized spacial score (nSPS) is 12.1. The van der Waals surface area contributed by atoms with Crippen LogP contribution in [-0.2, 0) is 0 Å². The molecule has 0 unspecified atom stereocenters. The lowest BCUT2D eigenvalue weighted by molar-refractivity contribution is 1.08. The standard InChI is InChI=1S/C50H30N4/c1-2-14-34-29-35(22-21-31(34)11-1)49-50(52-42-19-9-8-18-41(42)51-49)54-43-20-10-7-17-39(43)40-30-36(25-28-44(40)54)53-45-26-23-32-12-3-5-15-37(32)47(45)48-38-16-6-4-13-33(38)24-27-46(48)53/h1-30H. The van der Waals surface area contributed by atoms with E-state index in [1.165, 1.54) is 64.9 Å². The fourth-order valence-electron chi connectivity index (χ4n) is 8.83. The van der Waals surface area contributed by atoms with Crippen LogP contribution in [0.15, 0.2) is 182 Å².